The minimum Gasteiger partial charge on any atom is -0.359 e. The van der Waals surface area contributed by atoms with Crippen molar-refractivity contribution in [2.24, 2.45) is 0 Å². The number of hydrogen-bond donors (Lipinski definition) is 2. The van der Waals surface area contributed by atoms with Gasteiger partial charge >= 0.3 is 0 Å². The number of rotatable bonds is 7. The summed E-state index contributed by atoms with van der Waals surface area (Å²) in [5.41, 5.74) is 5.01. The second kappa shape index (κ2) is 11.9. The van der Waals surface area contributed by atoms with Gasteiger partial charge in [-0.25, -0.2) is 8.42 Å². The molecule has 1 saturated heterocycles. The SMILES string of the molecule is Cc1[nH]c(/C=C2\C(=O)Nc3ccc(S(=O)(=O)Cc4c(Cl)cccc4Cl)cc32)c(C)c1CC(=O)N(C)C1CCN(C)CC1. The van der Waals surface area contributed by atoms with Crippen molar-refractivity contribution >= 4 is 62.2 Å². The number of likely N-dealkylation sites (tertiary alicyclic amines) is 1. The lowest BCUT2D eigenvalue weighted by molar-refractivity contribution is -0.132. The summed E-state index contributed by atoms with van der Waals surface area (Å²) in [4.78, 5) is 33.8. The summed E-state index contributed by atoms with van der Waals surface area (Å²) in [7, 11) is 0.150. The molecule has 2 aliphatic rings. The molecule has 1 aromatic heterocycles. The Balaban J connectivity index is 1.41. The van der Waals surface area contributed by atoms with Crippen LogP contribution in [0.3, 0.4) is 0 Å². The molecule has 0 unspecified atom stereocenters. The standard InChI is InChI=1S/C31H34Cl2N4O4S/c1-18-22(16-30(38)37(4)20-10-12-36(3)13-11-20)19(2)34-29(18)15-24-23-14-21(8-9-28(23)35-31(24)39)42(40,41)17-25-26(32)6-5-7-27(25)33/h5-9,14-15,20,34H,10-13,16-17H2,1-4H3,(H,35,39)/b24-15-. The summed E-state index contributed by atoms with van der Waals surface area (Å²) in [5.74, 6) is -0.644. The largest absolute Gasteiger partial charge is 0.359 e. The molecule has 42 heavy (non-hydrogen) atoms. The van der Waals surface area contributed by atoms with E-state index in [9.17, 15) is 18.0 Å². The van der Waals surface area contributed by atoms with E-state index in [4.69, 9.17) is 23.2 Å². The monoisotopic (exact) mass is 628 g/mol. The molecule has 2 N–H and O–H groups in total. The Morgan fingerprint density at radius 2 is 1.76 bits per heavy atom. The molecule has 222 valence electrons. The van der Waals surface area contributed by atoms with Crippen LogP contribution in [0.1, 0.15) is 46.5 Å². The van der Waals surface area contributed by atoms with Crippen LogP contribution in [0.5, 0.6) is 0 Å². The molecule has 8 nitrogen and oxygen atoms in total. The van der Waals surface area contributed by atoms with Gasteiger partial charge in [-0.2, -0.15) is 0 Å². The van der Waals surface area contributed by atoms with Gasteiger partial charge in [0, 0.05) is 51.3 Å². The summed E-state index contributed by atoms with van der Waals surface area (Å²) in [5, 5.41) is 3.36. The predicted octanol–water partition coefficient (Wildman–Crippen LogP) is 5.50. The average molecular weight is 630 g/mol. The van der Waals surface area contributed by atoms with Crippen LogP contribution in [0.2, 0.25) is 10.0 Å². The number of nitrogens with zero attached hydrogens (tertiary/aromatic N) is 2. The third-order valence-corrected chi connectivity index (χ3v) is 10.8. The van der Waals surface area contributed by atoms with Crippen LogP contribution in [0.4, 0.5) is 5.69 Å². The van der Waals surface area contributed by atoms with Gasteiger partial charge in [0.2, 0.25) is 5.91 Å². The number of carbonyl (C=O) groups excluding carboxylic acids is 2. The van der Waals surface area contributed by atoms with Crippen LogP contribution in [0.25, 0.3) is 11.6 Å². The van der Waals surface area contributed by atoms with E-state index in [1.807, 2.05) is 25.8 Å². The molecule has 0 bridgehead atoms. The molecule has 11 heteroatoms. The molecule has 3 aromatic rings. The number of hydrogen-bond acceptors (Lipinski definition) is 5. The summed E-state index contributed by atoms with van der Waals surface area (Å²) in [6.07, 6.45) is 3.90. The van der Waals surface area contributed by atoms with Crippen LogP contribution >= 0.6 is 23.2 Å². The zero-order valence-corrected chi connectivity index (χ0v) is 26.4. The zero-order valence-electron chi connectivity index (χ0n) is 24.1. The van der Waals surface area contributed by atoms with Gasteiger partial charge in [0.15, 0.2) is 9.84 Å². The number of nitrogens with one attached hydrogen (secondary N) is 2. The number of H-pyrrole nitrogens is 1. The molecule has 0 atom stereocenters. The van der Waals surface area contributed by atoms with Crippen molar-refractivity contribution in [1.29, 1.82) is 0 Å². The highest BCUT2D eigenvalue weighted by molar-refractivity contribution is 7.90. The molecule has 0 radical (unpaired) electrons. The second-order valence-electron chi connectivity index (χ2n) is 11.2. The molecule has 2 amide bonds. The Kier molecular flexibility index (Phi) is 8.58. The highest BCUT2D eigenvalue weighted by Crippen LogP contribution is 2.37. The molecule has 1 fully saturated rings. The first-order valence-electron chi connectivity index (χ1n) is 13.8. The minimum absolute atomic E-state index is 0.0576. The number of aryl methyl sites for hydroxylation is 1. The Hall–Kier alpha value is -3.11. The number of benzene rings is 2. The van der Waals surface area contributed by atoms with E-state index in [-0.39, 0.29) is 45.0 Å². The van der Waals surface area contributed by atoms with Gasteiger partial charge in [0.25, 0.3) is 5.91 Å². The Morgan fingerprint density at radius 3 is 2.43 bits per heavy atom. The van der Waals surface area contributed by atoms with Crippen LogP contribution < -0.4 is 5.32 Å². The van der Waals surface area contributed by atoms with Crippen molar-refractivity contribution in [3.05, 3.63) is 80.1 Å². The molecule has 5 rings (SSSR count). The van der Waals surface area contributed by atoms with Gasteiger partial charge < -0.3 is 20.1 Å². The van der Waals surface area contributed by atoms with Crippen molar-refractivity contribution in [2.75, 3.05) is 32.5 Å². The first-order valence-corrected chi connectivity index (χ1v) is 16.2. The van der Waals surface area contributed by atoms with E-state index in [2.05, 4.69) is 22.2 Å². The number of fused-ring (bicyclic) bond motifs is 1. The lowest BCUT2D eigenvalue weighted by Gasteiger charge is -2.35. The van der Waals surface area contributed by atoms with Gasteiger partial charge in [-0.05, 0) is 94.4 Å². The maximum Gasteiger partial charge on any atom is 0.256 e. The number of likely N-dealkylation sites (N-methyl/N-ethyl adjacent to an activating group) is 1. The van der Waals surface area contributed by atoms with Crippen molar-refractivity contribution in [3.8, 4) is 0 Å². The fraction of sp³-hybridized carbons (Fsp3) is 0.355. The fourth-order valence-electron chi connectivity index (χ4n) is 5.68. The third-order valence-electron chi connectivity index (χ3n) is 8.41. The quantitative estimate of drug-likeness (QED) is 0.336. The highest BCUT2D eigenvalue weighted by atomic mass is 35.5. The molecule has 0 saturated carbocycles. The van der Waals surface area contributed by atoms with Gasteiger partial charge in [-0.3, -0.25) is 9.59 Å². The predicted molar refractivity (Wildman–Crippen MR) is 168 cm³/mol. The van der Waals surface area contributed by atoms with E-state index in [0.29, 0.717) is 28.1 Å². The summed E-state index contributed by atoms with van der Waals surface area (Å²) >= 11 is 12.5. The summed E-state index contributed by atoms with van der Waals surface area (Å²) in [6.45, 7) is 5.79. The number of amides is 2. The van der Waals surface area contributed by atoms with E-state index in [1.165, 1.54) is 12.1 Å². The molecule has 0 aliphatic carbocycles. The Bertz CT molecular complexity index is 1690. The first kappa shape index (κ1) is 30.4. The van der Waals surface area contributed by atoms with Crippen molar-refractivity contribution < 1.29 is 18.0 Å². The first-order chi connectivity index (χ1) is 19.9. The second-order valence-corrected chi connectivity index (χ2v) is 14.0. The number of carbonyl (C=O) groups is 2. The van der Waals surface area contributed by atoms with Crippen LogP contribution in [0.15, 0.2) is 41.3 Å². The number of aromatic amines is 1. The van der Waals surface area contributed by atoms with Crippen molar-refractivity contribution in [2.45, 2.75) is 49.8 Å². The molecule has 3 heterocycles. The highest BCUT2D eigenvalue weighted by Gasteiger charge is 2.29. The van der Waals surface area contributed by atoms with Crippen LogP contribution in [-0.4, -0.2) is 68.2 Å². The van der Waals surface area contributed by atoms with E-state index < -0.39 is 9.84 Å². The van der Waals surface area contributed by atoms with E-state index >= 15 is 0 Å². The normalized spacial score (nSPS) is 17.0. The molecule has 2 aromatic carbocycles. The maximum atomic E-state index is 13.4. The van der Waals surface area contributed by atoms with Gasteiger partial charge in [-0.15, -0.1) is 0 Å². The summed E-state index contributed by atoms with van der Waals surface area (Å²) < 4.78 is 26.7. The summed E-state index contributed by atoms with van der Waals surface area (Å²) in [6, 6.07) is 9.64. The number of sulfone groups is 1. The fourth-order valence-corrected chi connectivity index (χ4v) is 7.80. The smallest absolute Gasteiger partial charge is 0.256 e. The lowest BCUT2D eigenvalue weighted by Crippen LogP contribution is -2.45. The molecule has 2 aliphatic heterocycles. The van der Waals surface area contributed by atoms with Crippen molar-refractivity contribution in [3.63, 3.8) is 0 Å². The third kappa shape index (κ3) is 6.01. The Morgan fingerprint density at radius 1 is 1.10 bits per heavy atom. The van der Waals surface area contributed by atoms with E-state index in [0.717, 1.165) is 42.8 Å². The average Bonchev–Trinajstić information content (AvgIpc) is 3.40. The molecular formula is C31H34Cl2N4O4S. The minimum atomic E-state index is -3.83. The van der Waals surface area contributed by atoms with Crippen LogP contribution in [0, 0.1) is 13.8 Å². The van der Waals surface area contributed by atoms with Gasteiger partial charge in [-0.1, -0.05) is 29.3 Å². The maximum absolute atomic E-state index is 13.4. The number of piperidine rings is 1. The topological polar surface area (TPSA) is 103 Å². The number of aromatic nitrogens is 1. The Labute approximate surface area is 256 Å². The number of halogens is 2. The van der Waals surface area contributed by atoms with E-state index in [1.54, 1.807) is 30.3 Å². The lowest BCUT2D eigenvalue weighted by atomic mass is 10.0. The van der Waals surface area contributed by atoms with Gasteiger partial charge in [0.05, 0.1) is 22.6 Å². The molecular weight excluding hydrogens is 595 g/mol. The number of anilines is 1. The molecule has 0 spiro atoms. The zero-order chi connectivity index (χ0) is 30.3. The van der Waals surface area contributed by atoms with Crippen LogP contribution in [-0.2, 0) is 31.6 Å². The van der Waals surface area contributed by atoms with Crippen molar-refractivity contribution in [1.82, 2.24) is 14.8 Å². The van der Waals surface area contributed by atoms with Gasteiger partial charge in [0.1, 0.15) is 0 Å².